The normalized spacial score (nSPS) is 15.3. The highest BCUT2D eigenvalue weighted by molar-refractivity contribution is 8.26. The van der Waals surface area contributed by atoms with Gasteiger partial charge in [0, 0.05) is 17.7 Å². The van der Waals surface area contributed by atoms with Crippen molar-refractivity contribution in [3.05, 3.63) is 74.7 Å². The first-order chi connectivity index (χ1) is 12.8. The van der Waals surface area contributed by atoms with Crippen molar-refractivity contribution in [1.82, 2.24) is 10.4 Å². The highest BCUT2D eigenvalue weighted by Crippen LogP contribution is 2.31. The van der Waals surface area contributed by atoms with E-state index in [2.05, 4.69) is 5.43 Å². The fraction of sp³-hybridized carbons (Fsp3) is 0. The molecule has 0 aromatic heterocycles. The van der Waals surface area contributed by atoms with E-state index >= 15 is 0 Å². The van der Waals surface area contributed by atoms with Crippen molar-refractivity contribution in [1.29, 1.82) is 0 Å². The minimum absolute atomic E-state index is 0.107. The number of hydrogen-bond donors (Lipinski definition) is 2. The fourth-order valence-corrected chi connectivity index (χ4v) is 3.37. The SMILES string of the molecule is O=C(NN1C(=O)/C(=C\c2ccc(O)cc2)SC1=S)c1ccc([N+](=O)[O-])cc1. The zero-order chi connectivity index (χ0) is 19.6. The van der Waals surface area contributed by atoms with Crippen LogP contribution in [-0.4, -0.2) is 31.2 Å². The molecular formula is C17H11N3O5S2. The summed E-state index contributed by atoms with van der Waals surface area (Å²) >= 11 is 6.16. The first-order valence-electron chi connectivity index (χ1n) is 7.47. The van der Waals surface area contributed by atoms with Gasteiger partial charge in [0.05, 0.1) is 9.83 Å². The molecule has 0 atom stereocenters. The number of nitro groups is 1. The van der Waals surface area contributed by atoms with E-state index in [4.69, 9.17) is 12.2 Å². The monoisotopic (exact) mass is 401 g/mol. The number of nitrogens with one attached hydrogen (secondary N) is 1. The van der Waals surface area contributed by atoms with Gasteiger partial charge in [0.25, 0.3) is 17.5 Å². The first-order valence-corrected chi connectivity index (χ1v) is 8.70. The molecule has 1 aliphatic rings. The molecule has 2 aromatic carbocycles. The molecule has 2 aromatic rings. The predicted molar refractivity (Wildman–Crippen MR) is 104 cm³/mol. The summed E-state index contributed by atoms with van der Waals surface area (Å²) in [5, 5.41) is 20.9. The van der Waals surface area contributed by atoms with Gasteiger partial charge in [-0.3, -0.25) is 25.1 Å². The lowest BCUT2D eigenvalue weighted by atomic mass is 10.2. The van der Waals surface area contributed by atoms with Gasteiger partial charge in [-0.05, 0) is 48.1 Å². The van der Waals surface area contributed by atoms with Gasteiger partial charge in [0.1, 0.15) is 5.75 Å². The number of hydrazine groups is 1. The molecule has 8 nitrogen and oxygen atoms in total. The summed E-state index contributed by atoms with van der Waals surface area (Å²) in [6.45, 7) is 0. The quantitative estimate of drug-likeness (QED) is 0.350. The van der Waals surface area contributed by atoms with Gasteiger partial charge in [-0.2, -0.15) is 5.01 Å². The van der Waals surface area contributed by atoms with Crippen molar-refractivity contribution in [2.45, 2.75) is 0 Å². The second kappa shape index (κ2) is 7.56. The molecule has 1 heterocycles. The molecule has 0 spiro atoms. The number of rotatable bonds is 4. The molecule has 1 saturated heterocycles. The maximum absolute atomic E-state index is 12.5. The van der Waals surface area contributed by atoms with Crippen molar-refractivity contribution < 1.29 is 19.6 Å². The van der Waals surface area contributed by atoms with E-state index in [-0.39, 0.29) is 21.3 Å². The van der Waals surface area contributed by atoms with E-state index < -0.39 is 16.7 Å². The topological polar surface area (TPSA) is 113 Å². The summed E-state index contributed by atoms with van der Waals surface area (Å²) in [6, 6.07) is 11.2. The Balaban J connectivity index is 1.74. The van der Waals surface area contributed by atoms with Crippen LogP contribution in [0, 0.1) is 10.1 Å². The number of carbonyl (C=O) groups is 2. The van der Waals surface area contributed by atoms with E-state index in [9.17, 15) is 24.8 Å². The third-order valence-corrected chi connectivity index (χ3v) is 4.84. The lowest BCUT2D eigenvalue weighted by molar-refractivity contribution is -0.384. The number of nitro benzene ring substituents is 1. The molecule has 2 N–H and O–H groups in total. The Hall–Kier alpha value is -3.24. The van der Waals surface area contributed by atoms with Crippen LogP contribution in [-0.2, 0) is 4.79 Å². The molecule has 27 heavy (non-hydrogen) atoms. The smallest absolute Gasteiger partial charge is 0.285 e. The van der Waals surface area contributed by atoms with Gasteiger partial charge in [-0.15, -0.1) is 0 Å². The van der Waals surface area contributed by atoms with Crippen LogP contribution in [0.2, 0.25) is 0 Å². The minimum Gasteiger partial charge on any atom is -0.508 e. The molecular weight excluding hydrogens is 390 g/mol. The summed E-state index contributed by atoms with van der Waals surface area (Å²) in [4.78, 5) is 35.2. The number of phenolic OH excluding ortho intramolecular Hbond substituents is 1. The number of non-ortho nitro benzene ring substituents is 1. The molecule has 0 saturated carbocycles. The molecule has 1 aliphatic heterocycles. The molecule has 0 unspecified atom stereocenters. The molecule has 3 rings (SSSR count). The first kappa shape index (κ1) is 18.5. The van der Waals surface area contributed by atoms with Crippen LogP contribution in [0.3, 0.4) is 0 Å². The maximum atomic E-state index is 12.5. The number of nitrogens with zero attached hydrogens (tertiary/aromatic N) is 2. The van der Waals surface area contributed by atoms with Crippen molar-refractivity contribution in [2.75, 3.05) is 0 Å². The molecule has 1 fully saturated rings. The molecule has 2 amide bonds. The Morgan fingerprint density at radius 2 is 1.81 bits per heavy atom. The third kappa shape index (κ3) is 4.13. The number of benzene rings is 2. The Morgan fingerprint density at radius 1 is 1.19 bits per heavy atom. The van der Waals surface area contributed by atoms with Gasteiger partial charge >= 0.3 is 0 Å². The molecule has 136 valence electrons. The number of amides is 2. The van der Waals surface area contributed by atoms with Crippen molar-refractivity contribution in [2.24, 2.45) is 0 Å². The zero-order valence-electron chi connectivity index (χ0n) is 13.5. The number of thioether (sulfide) groups is 1. The zero-order valence-corrected chi connectivity index (χ0v) is 15.1. The van der Waals surface area contributed by atoms with Gasteiger partial charge in [-0.25, -0.2) is 0 Å². The van der Waals surface area contributed by atoms with E-state index in [1.807, 2.05) is 0 Å². The summed E-state index contributed by atoms with van der Waals surface area (Å²) in [5.74, 6) is -1.00. The Kier molecular flexibility index (Phi) is 5.19. The number of thiocarbonyl (C=S) groups is 1. The van der Waals surface area contributed by atoms with Crippen LogP contribution >= 0.6 is 24.0 Å². The fourth-order valence-electron chi connectivity index (χ4n) is 2.19. The largest absolute Gasteiger partial charge is 0.508 e. The lowest BCUT2D eigenvalue weighted by Gasteiger charge is -2.15. The van der Waals surface area contributed by atoms with Crippen LogP contribution in [0.1, 0.15) is 15.9 Å². The number of hydrogen-bond acceptors (Lipinski definition) is 7. The summed E-state index contributed by atoms with van der Waals surface area (Å²) in [7, 11) is 0. The highest BCUT2D eigenvalue weighted by atomic mass is 32.2. The molecule has 0 aliphatic carbocycles. The van der Waals surface area contributed by atoms with Crippen LogP contribution in [0.5, 0.6) is 5.75 Å². The van der Waals surface area contributed by atoms with Gasteiger partial charge in [0.15, 0.2) is 4.32 Å². The van der Waals surface area contributed by atoms with Crippen molar-refractivity contribution in [3.63, 3.8) is 0 Å². The molecule has 0 bridgehead atoms. The Morgan fingerprint density at radius 3 is 2.41 bits per heavy atom. The average molecular weight is 401 g/mol. The van der Waals surface area contributed by atoms with E-state index in [1.54, 1.807) is 18.2 Å². The maximum Gasteiger partial charge on any atom is 0.285 e. The van der Waals surface area contributed by atoms with E-state index in [1.165, 1.54) is 36.4 Å². The molecule has 10 heteroatoms. The summed E-state index contributed by atoms with van der Waals surface area (Å²) < 4.78 is 0.153. The average Bonchev–Trinajstić information content (AvgIpc) is 2.91. The summed E-state index contributed by atoms with van der Waals surface area (Å²) in [6.07, 6.45) is 1.59. The summed E-state index contributed by atoms with van der Waals surface area (Å²) in [5.41, 5.74) is 3.10. The van der Waals surface area contributed by atoms with Crippen LogP contribution in [0.15, 0.2) is 53.4 Å². The van der Waals surface area contributed by atoms with Gasteiger partial charge in [-0.1, -0.05) is 23.9 Å². The van der Waals surface area contributed by atoms with Crippen LogP contribution in [0.4, 0.5) is 5.69 Å². The standard InChI is InChI=1S/C17H11N3O5S2/c21-13-7-1-10(2-8-13)9-14-16(23)19(17(26)27-14)18-15(22)11-3-5-12(6-4-11)20(24)25/h1-9,21H,(H,18,22)/b14-9+. The van der Waals surface area contributed by atoms with Gasteiger partial charge < -0.3 is 5.11 Å². The second-order valence-electron chi connectivity index (χ2n) is 5.35. The number of carbonyl (C=O) groups excluding carboxylic acids is 2. The lowest BCUT2D eigenvalue weighted by Crippen LogP contribution is -2.44. The second-order valence-corrected chi connectivity index (χ2v) is 7.03. The van der Waals surface area contributed by atoms with Crippen molar-refractivity contribution >= 4 is 51.9 Å². The Bertz CT molecular complexity index is 971. The van der Waals surface area contributed by atoms with E-state index in [0.29, 0.717) is 10.5 Å². The third-order valence-electron chi connectivity index (χ3n) is 3.54. The highest BCUT2D eigenvalue weighted by Gasteiger charge is 2.33. The molecule has 0 radical (unpaired) electrons. The predicted octanol–water partition coefficient (Wildman–Crippen LogP) is 2.85. The van der Waals surface area contributed by atoms with E-state index in [0.717, 1.165) is 16.8 Å². The number of phenols is 1. The van der Waals surface area contributed by atoms with Crippen LogP contribution < -0.4 is 5.43 Å². The van der Waals surface area contributed by atoms with Crippen LogP contribution in [0.25, 0.3) is 6.08 Å². The minimum atomic E-state index is -0.618. The van der Waals surface area contributed by atoms with Crippen molar-refractivity contribution in [3.8, 4) is 5.75 Å². The number of aromatic hydroxyl groups is 1. The van der Waals surface area contributed by atoms with Gasteiger partial charge in [0.2, 0.25) is 0 Å². The Labute approximate surface area is 162 Å².